The van der Waals surface area contributed by atoms with Crippen molar-refractivity contribution in [1.82, 2.24) is 5.32 Å². The van der Waals surface area contributed by atoms with E-state index in [4.69, 9.17) is 5.11 Å². The molecule has 1 aromatic carbocycles. The van der Waals surface area contributed by atoms with Crippen LogP contribution in [-0.4, -0.2) is 22.9 Å². The summed E-state index contributed by atoms with van der Waals surface area (Å²) < 4.78 is 0.916. The normalized spacial score (nSPS) is 12.1. The second kappa shape index (κ2) is 4.97. The summed E-state index contributed by atoms with van der Waals surface area (Å²) in [6.07, 6.45) is -1.94. The van der Waals surface area contributed by atoms with Gasteiger partial charge in [-0.3, -0.25) is 0 Å². The highest BCUT2D eigenvalue weighted by Gasteiger charge is 2.07. The highest BCUT2D eigenvalue weighted by molar-refractivity contribution is 9.10. The lowest BCUT2D eigenvalue weighted by Gasteiger charge is -2.10. The van der Waals surface area contributed by atoms with Crippen molar-refractivity contribution in [1.29, 1.82) is 0 Å². The van der Waals surface area contributed by atoms with Gasteiger partial charge in [-0.2, -0.15) is 0 Å². The third kappa shape index (κ3) is 3.35. The molecule has 1 atom stereocenters. The Balaban J connectivity index is 2.56. The molecule has 0 fully saturated rings. The lowest BCUT2D eigenvalue weighted by Crippen LogP contribution is -2.26. The molecule has 0 bridgehead atoms. The second-order valence-corrected chi connectivity index (χ2v) is 3.67. The van der Waals surface area contributed by atoms with Crippen LogP contribution in [0.15, 0.2) is 28.7 Å². The number of aliphatic hydroxyl groups is 1. The van der Waals surface area contributed by atoms with Gasteiger partial charge in [0.2, 0.25) is 0 Å². The number of nitrogens with one attached hydrogen (secondary N) is 1. The van der Waals surface area contributed by atoms with Gasteiger partial charge in [0, 0.05) is 4.47 Å². The fourth-order valence-electron chi connectivity index (χ4n) is 0.987. The molecule has 76 valence electrons. The van der Waals surface area contributed by atoms with Crippen molar-refractivity contribution >= 4 is 22.0 Å². The van der Waals surface area contributed by atoms with E-state index in [0.717, 1.165) is 4.47 Å². The molecule has 0 saturated carbocycles. The third-order valence-corrected chi connectivity index (χ3v) is 2.23. The third-order valence-electron chi connectivity index (χ3n) is 1.70. The molecule has 0 aromatic heterocycles. The Morgan fingerprint density at radius 1 is 1.43 bits per heavy atom. The maximum Gasteiger partial charge on any atom is 0.404 e. The Hall–Kier alpha value is -1.07. The topological polar surface area (TPSA) is 69.6 Å². The molecule has 0 saturated heterocycles. The van der Waals surface area contributed by atoms with Crippen LogP contribution in [0.4, 0.5) is 4.79 Å². The Kier molecular flexibility index (Phi) is 3.91. The van der Waals surface area contributed by atoms with Gasteiger partial charge in [0.05, 0.1) is 12.6 Å². The van der Waals surface area contributed by atoms with Crippen molar-refractivity contribution in [2.75, 3.05) is 6.54 Å². The van der Waals surface area contributed by atoms with E-state index in [1.807, 2.05) is 0 Å². The molecule has 0 aliphatic carbocycles. The van der Waals surface area contributed by atoms with Crippen LogP contribution in [-0.2, 0) is 0 Å². The molecular formula is C9H10BrNO3. The van der Waals surface area contributed by atoms with Crippen LogP contribution in [0.1, 0.15) is 11.7 Å². The van der Waals surface area contributed by atoms with Crippen LogP contribution in [0.25, 0.3) is 0 Å². The molecule has 0 aliphatic heterocycles. The van der Waals surface area contributed by atoms with Crippen molar-refractivity contribution in [3.63, 3.8) is 0 Å². The largest absolute Gasteiger partial charge is 0.465 e. The zero-order chi connectivity index (χ0) is 10.6. The molecule has 1 aromatic rings. The highest BCUT2D eigenvalue weighted by atomic mass is 79.9. The minimum Gasteiger partial charge on any atom is -0.465 e. The van der Waals surface area contributed by atoms with Gasteiger partial charge in [-0.1, -0.05) is 28.1 Å². The summed E-state index contributed by atoms with van der Waals surface area (Å²) in [6.45, 7) is -0.00301. The Morgan fingerprint density at radius 2 is 2.00 bits per heavy atom. The average Bonchev–Trinajstić information content (AvgIpc) is 2.15. The van der Waals surface area contributed by atoms with Gasteiger partial charge in [-0.15, -0.1) is 0 Å². The first-order valence-corrected chi connectivity index (χ1v) is 4.79. The summed E-state index contributed by atoms with van der Waals surface area (Å²) >= 11 is 3.27. The number of amides is 1. The summed E-state index contributed by atoms with van der Waals surface area (Å²) in [4.78, 5) is 10.2. The molecule has 0 unspecified atom stereocenters. The van der Waals surface area contributed by atoms with Gasteiger partial charge in [0.25, 0.3) is 0 Å². The molecule has 3 N–H and O–H groups in total. The summed E-state index contributed by atoms with van der Waals surface area (Å²) in [6, 6.07) is 7.05. The van der Waals surface area contributed by atoms with E-state index < -0.39 is 12.2 Å². The van der Waals surface area contributed by atoms with E-state index in [-0.39, 0.29) is 6.54 Å². The Bertz CT molecular complexity index is 312. The summed E-state index contributed by atoms with van der Waals surface area (Å²) in [5, 5.41) is 20.0. The number of hydrogen-bond donors (Lipinski definition) is 3. The fourth-order valence-corrected chi connectivity index (χ4v) is 1.25. The monoisotopic (exact) mass is 259 g/mol. The SMILES string of the molecule is O=C(O)NC[C@H](O)c1ccc(Br)cc1. The molecule has 1 rings (SSSR count). The van der Waals surface area contributed by atoms with Crippen molar-refractivity contribution in [2.45, 2.75) is 6.10 Å². The first-order valence-electron chi connectivity index (χ1n) is 4.00. The van der Waals surface area contributed by atoms with Gasteiger partial charge >= 0.3 is 6.09 Å². The van der Waals surface area contributed by atoms with Gasteiger partial charge in [-0.05, 0) is 17.7 Å². The van der Waals surface area contributed by atoms with Gasteiger partial charge in [-0.25, -0.2) is 4.79 Å². The molecular weight excluding hydrogens is 250 g/mol. The van der Waals surface area contributed by atoms with Crippen molar-refractivity contribution in [3.8, 4) is 0 Å². The van der Waals surface area contributed by atoms with Gasteiger partial charge in [0.15, 0.2) is 0 Å². The minimum absolute atomic E-state index is 0.00301. The van der Waals surface area contributed by atoms with Crippen LogP contribution in [0.3, 0.4) is 0 Å². The molecule has 1 amide bonds. The smallest absolute Gasteiger partial charge is 0.404 e. The highest BCUT2D eigenvalue weighted by Crippen LogP contribution is 2.15. The number of carbonyl (C=O) groups is 1. The van der Waals surface area contributed by atoms with Gasteiger partial charge in [0.1, 0.15) is 0 Å². The quantitative estimate of drug-likeness (QED) is 0.775. The van der Waals surface area contributed by atoms with Crippen LogP contribution < -0.4 is 5.32 Å². The maximum atomic E-state index is 10.2. The van der Waals surface area contributed by atoms with Gasteiger partial charge < -0.3 is 15.5 Å². The van der Waals surface area contributed by atoms with E-state index in [9.17, 15) is 9.90 Å². The second-order valence-electron chi connectivity index (χ2n) is 2.75. The van der Waals surface area contributed by atoms with Crippen molar-refractivity contribution in [3.05, 3.63) is 34.3 Å². The van der Waals surface area contributed by atoms with Crippen LogP contribution in [0.5, 0.6) is 0 Å². The Labute approximate surface area is 89.7 Å². The first kappa shape index (κ1) is 11.0. The van der Waals surface area contributed by atoms with Crippen molar-refractivity contribution in [2.24, 2.45) is 0 Å². The first-order chi connectivity index (χ1) is 6.59. The average molecular weight is 260 g/mol. The number of hydrogen-bond acceptors (Lipinski definition) is 2. The summed E-state index contributed by atoms with van der Waals surface area (Å²) in [5.74, 6) is 0. The summed E-state index contributed by atoms with van der Waals surface area (Å²) in [5.41, 5.74) is 0.682. The molecule has 0 heterocycles. The molecule has 5 heteroatoms. The molecule has 14 heavy (non-hydrogen) atoms. The number of aliphatic hydroxyl groups excluding tert-OH is 1. The molecule has 0 spiro atoms. The zero-order valence-corrected chi connectivity index (χ0v) is 8.86. The number of halogens is 1. The molecule has 0 aliphatic rings. The van der Waals surface area contributed by atoms with Crippen LogP contribution >= 0.6 is 15.9 Å². The van der Waals surface area contributed by atoms with E-state index in [2.05, 4.69) is 21.2 Å². The standard InChI is InChI=1S/C9H10BrNO3/c10-7-3-1-6(2-4-7)8(12)5-11-9(13)14/h1-4,8,11-12H,5H2,(H,13,14)/t8-/m0/s1. The van der Waals surface area contributed by atoms with Crippen LogP contribution in [0, 0.1) is 0 Å². The lowest BCUT2D eigenvalue weighted by molar-refractivity contribution is 0.159. The minimum atomic E-state index is -1.14. The Morgan fingerprint density at radius 3 is 2.50 bits per heavy atom. The van der Waals surface area contributed by atoms with E-state index in [1.54, 1.807) is 24.3 Å². The van der Waals surface area contributed by atoms with Crippen LogP contribution in [0.2, 0.25) is 0 Å². The van der Waals surface area contributed by atoms with E-state index in [1.165, 1.54) is 0 Å². The number of benzene rings is 1. The lowest BCUT2D eigenvalue weighted by atomic mass is 10.1. The zero-order valence-electron chi connectivity index (χ0n) is 7.27. The van der Waals surface area contributed by atoms with E-state index in [0.29, 0.717) is 5.56 Å². The summed E-state index contributed by atoms with van der Waals surface area (Å²) in [7, 11) is 0. The predicted octanol–water partition coefficient (Wildman–Crippen LogP) is 1.75. The molecule has 0 radical (unpaired) electrons. The fraction of sp³-hybridized carbons (Fsp3) is 0.222. The molecule has 4 nitrogen and oxygen atoms in total. The number of carboxylic acid groups (broad SMARTS) is 1. The van der Waals surface area contributed by atoms with E-state index >= 15 is 0 Å². The maximum absolute atomic E-state index is 10.2. The number of rotatable bonds is 3. The predicted molar refractivity (Wildman–Crippen MR) is 55.1 cm³/mol. The van der Waals surface area contributed by atoms with Crippen molar-refractivity contribution < 1.29 is 15.0 Å².